The molecule has 2 N–H and O–H groups in total. The Hall–Kier alpha value is -1.02. The lowest BCUT2D eigenvalue weighted by Crippen LogP contribution is -2.13. The first-order valence-electron chi connectivity index (χ1n) is 5.74. The van der Waals surface area contributed by atoms with Crippen molar-refractivity contribution in [3.8, 4) is 5.75 Å². The highest BCUT2D eigenvalue weighted by Crippen LogP contribution is 2.32. The summed E-state index contributed by atoms with van der Waals surface area (Å²) in [6.45, 7) is 5.35. The van der Waals surface area contributed by atoms with Gasteiger partial charge in [-0.3, -0.25) is 0 Å². The number of hydrogen-bond donors (Lipinski definition) is 2. The Balaban J connectivity index is 2.25. The predicted octanol–water partition coefficient (Wildman–Crippen LogP) is 2.94. The van der Waals surface area contributed by atoms with Gasteiger partial charge >= 0.3 is 0 Å². The van der Waals surface area contributed by atoms with E-state index in [1.54, 1.807) is 0 Å². The van der Waals surface area contributed by atoms with E-state index < -0.39 is 0 Å². The summed E-state index contributed by atoms with van der Waals surface area (Å²) in [6.07, 6.45) is 2.34. The van der Waals surface area contributed by atoms with Crippen molar-refractivity contribution in [2.75, 3.05) is 6.54 Å². The van der Waals surface area contributed by atoms with Gasteiger partial charge in [0.05, 0.1) is 0 Å². The summed E-state index contributed by atoms with van der Waals surface area (Å²) in [5, 5.41) is 13.4. The van der Waals surface area contributed by atoms with Crippen molar-refractivity contribution in [1.29, 1.82) is 0 Å². The molecule has 1 saturated heterocycles. The van der Waals surface area contributed by atoms with Crippen molar-refractivity contribution in [3.63, 3.8) is 0 Å². The summed E-state index contributed by atoms with van der Waals surface area (Å²) in [6, 6.07) is 6.44. The highest BCUT2D eigenvalue weighted by atomic mass is 16.3. The van der Waals surface area contributed by atoms with Crippen LogP contribution in [0, 0.1) is 0 Å². The van der Waals surface area contributed by atoms with E-state index in [0.717, 1.165) is 18.5 Å². The summed E-state index contributed by atoms with van der Waals surface area (Å²) in [5.74, 6) is 0.919. The first kappa shape index (κ1) is 10.5. The van der Waals surface area contributed by atoms with Crippen molar-refractivity contribution >= 4 is 0 Å². The van der Waals surface area contributed by atoms with E-state index in [2.05, 4.69) is 31.3 Å². The molecule has 0 aromatic heterocycles. The molecule has 2 nitrogen and oxygen atoms in total. The maximum absolute atomic E-state index is 9.96. The second-order valence-electron chi connectivity index (χ2n) is 4.62. The van der Waals surface area contributed by atoms with Crippen LogP contribution in [0.4, 0.5) is 0 Å². The van der Waals surface area contributed by atoms with E-state index in [9.17, 15) is 5.11 Å². The fraction of sp³-hybridized carbons (Fsp3) is 0.538. The second kappa shape index (κ2) is 4.23. The van der Waals surface area contributed by atoms with E-state index in [-0.39, 0.29) is 0 Å². The molecule has 1 aliphatic heterocycles. The minimum absolute atomic E-state index is 0.353. The second-order valence-corrected chi connectivity index (χ2v) is 4.62. The molecule has 1 fully saturated rings. The predicted molar refractivity (Wildman–Crippen MR) is 62.2 cm³/mol. The molecule has 0 spiro atoms. The zero-order chi connectivity index (χ0) is 10.8. The van der Waals surface area contributed by atoms with E-state index >= 15 is 0 Å². The summed E-state index contributed by atoms with van der Waals surface area (Å²) in [7, 11) is 0. The van der Waals surface area contributed by atoms with Crippen LogP contribution >= 0.6 is 0 Å². The maximum atomic E-state index is 9.96. The van der Waals surface area contributed by atoms with Crippen LogP contribution in [0.2, 0.25) is 0 Å². The fourth-order valence-electron chi connectivity index (χ4n) is 2.16. The van der Waals surface area contributed by atoms with Crippen LogP contribution in [0.5, 0.6) is 5.75 Å². The van der Waals surface area contributed by atoms with Crippen molar-refractivity contribution in [3.05, 3.63) is 29.3 Å². The average molecular weight is 205 g/mol. The molecule has 1 aliphatic rings. The Morgan fingerprint density at radius 1 is 1.40 bits per heavy atom. The Morgan fingerprint density at radius 3 is 2.73 bits per heavy atom. The van der Waals surface area contributed by atoms with Gasteiger partial charge in [-0.1, -0.05) is 26.0 Å². The molecule has 2 rings (SSSR count). The Bertz CT molecular complexity index is 340. The number of phenolic OH excluding ortho intramolecular Hbond substituents is 1. The molecular formula is C13H19NO. The molecule has 0 radical (unpaired) electrons. The Labute approximate surface area is 91.3 Å². The minimum atomic E-state index is 0.353. The third-order valence-electron chi connectivity index (χ3n) is 3.16. The number of phenols is 1. The molecule has 1 unspecified atom stereocenters. The first-order chi connectivity index (χ1) is 7.18. The van der Waals surface area contributed by atoms with Gasteiger partial charge in [0, 0.05) is 11.6 Å². The van der Waals surface area contributed by atoms with Crippen LogP contribution < -0.4 is 5.32 Å². The molecule has 1 atom stereocenters. The molecule has 15 heavy (non-hydrogen) atoms. The highest BCUT2D eigenvalue weighted by Gasteiger charge is 2.19. The summed E-state index contributed by atoms with van der Waals surface area (Å²) < 4.78 is 0. The molecule has 82 valence electrons. The van der Waals surface area contributed by atoms with Gasteiger partial charge in [-0.2, -0.15) is 0 Å². The van der Waals surface area contributed by atoms with Crippen LogP contribution in [0.1, 0.15) is 49.8 Å². The van der Waals surface area contributed by atoms with Gasteiger partial charge in [-0.25, -0.2) is 0 Å². The summed E-state index contributed by atoms with van der Waals surface area (Å²) >= 11 is 0. The summed E-state index contributed by atoms with van der Waals surface area (Å²) in [4.78, 5) is 0. The number of rotatable bonds is 2. The van der Waals surface area contributed by atoms with E-state index in [1.807, 2.05) is 6.07 Å². The fourth-order valence-corrected chi connectivity index (χ4v) is 2.16. The van der Waals surface area contributed by atoms with Crippen LogP contribution in [-0.4, -0.2) is 11.7 Å². The average Bonchev–Trinajstić information content (AvgIpc) is 2.70. The zero-order valence-electron chi connectivity index (χ0n) is 9.46. The highest BCUT2D eigenvalue weighted by molar-refractivity contribution is 5.39. The van der Waals surface area contributed by atoms with Crippen LogP contribution in [-0.2, 0) is 0 Å². The Morgan fingerprint density at radius 2 is 2.20 bits per heavy atom. The molecule has 1 aromatic carbocycles. The number of hydrogen-bond acceptors (Lipinski definition) is 2. The lowest BCUT2D eigenvalue weighted by atomic mass is 9.97. The smallest absolute Gasteiger partial charge is 0.120 e. The number of aromatic hydroxyl groups is 1. The standard InChI is InChI=1S/C13H19NO/c1-9(2)10-5-6-11(13(15)8-10)12-4-3-7-14-12/h5-6,8-9,12,14-15H,3-4,7H2,1-2H3. The van der Waals surface area contributed by atoms with E-state index in [1.165, 1.54) is 12.0 Å². The lowest BCUT2D eigenvalue weighted by Gasteiger charge is -2.14. The largest absolute Gasteiger partial charge is 0.508 e. The monoisotopic (exact) mass is 205 g/mol. The zero-order valence-corrected chi connectivity index (χ0v) is 9.46. The Kier molecular flexibility index (Phi) is 2.96. The third-order valence-corrected chi connectivity index (χ3v) is 3.16. The van der Waals surface area contributed by atoms with Gasteiger partial charge in [0.2, 0.25) is 0 Å². The normalized spacial score (nSPS) is 21.1. The van der Waals surface area contributed by atoms with Crippen LogP contribution in [0.25, 0.3) is 0 Å². The maximum Gasteiger partial charge on any atom is 0.120 e. The molecule has 0 amide bonds. The van der Waals surface area contributed by atoms with Crippen molar-refractivity contribution in [1.82, 2.24) is 5.32 Å². The third kappa shape index (κ3) is 2.15. The lowest BCUT2D eigenvalue weighted by molar-refractivity contribution is 0.456. The van der Waals surface area contributed by atoms with Gasteiger partial charge in [0.15, 0.2) is 0 Å². The van der Waals surface area contributed by atoms with Gasteiger partial charge in [0.25, 0.3) is 0 Å². The van der Waals surface area contributed by atoms with Gasteiger partial charge in [0.1, 0.15) is 5.75 Å². The van der Waals surface area contributed by atoms with Crippen molar-refractivity contribution in [2.45, 2.75) is 38.6 Å². The molecule has 2 heteroatoms. The quantitative estimate of drug-likeness (QED) is 0.778. The molecular weight excluding hydrogens is 186 g/mol. The first-order valence-corrected chi connectivity index (χ1v) is 5.74. The molecule has 1 heterocycles. The van der Waals surface area contributed by atoms with E-state index in [0.29, 0.717) is 17.7 Å². The topological polar surface area (TPSA) is 32.3 Å². The van der Waals surface area contributed by atoms with Crippen LogP contribution in [0.15, 0.2) is 18.2 Å². The van der Waals surface area contributed by atoms with Gasteiger partial charge < -0.3 is 10.4 Å². The molecule has 0 bridgehead atoms. The minimum Gasteiger partial charge on any atom is -0.508 e. The number of benzene rings is 1. The van der Waals surface area contributed by atoms with Gasteiger partial charge in [-0.15, -0.1) is 0 Å². The van der Waals surface area contributed by atoms with Crippen molar-refractivity contribution in [2.24, 2.45) is 0 Å². The van der Waals surface area contributed by atoms with E-state index in [4.69, 9.17) is 0 Å². The van der Waals surface area contributed by atoms with Crippen LogP contribution in [0.3, 0.4) is 0 Å². The summed E-state index contributed by atoms with van der Waals surface area (Å²) in [5.41, 5.74) is 2.26. The molecule has 0 saturated carbocycles. The van der Waals surface area contributed by atoms with Crippen molar-refractivity contribution < 1.29 is 5.11 Å². The van der Waals surface area contributed by atoms with Gasteiger partial charge in [-0.05, 0) is 36.9 Å². The molecule has 1 aromatic rings. The SMILES string of the molecule is CC(C)c1ccc(C2CCCN2)c(O)c1. The molecule has 0 aliphatic carbocycles. The number of nitrogens with one attached hydrogen (secondary N) is 1.